The number of rotatable bonds is 0. The average molecular weight is 219 g/mol. The molecule has 2 heterocycles. The Kier molecular flexibility index (Phi) is 1.71. The van der Waals surface area contributed by atoms with E-state index in [0.29, 0.717) is 11.5 Å². The van der Waals surface area contributed by atoms with Gasteiger partial charge in [-0.25, -0.2) is 0 Å². The summed E-state index contributed by atoms with van der Waals surface area (Å²) in [6, 6.07) is 6.99. The maximum Gasteiger partial charge on any atom is 0.274 e. The fraction of sp³-hybridized carbons (Fsp3) is 0.273. The van der Waals surface area contributed by atoms with Crippen LogP contribution < -0.4 is 9.47 Å². The lowest BCUT2D eigenvalue weighted by molar-refractivity contribution is -0.139. The summed E-state index contributed by atoms with van der Waals surface area (Å²) in [6.45, 7) is 0. The Bertz CT molecular complexity index is 442. The van der Waals surface area contributed by atoms with Gasteiger partial charge in [0.1, 0.15) is 0 Å². The number of ether oxygens (including phenoxy) is 2. The Morgan fingerprint density at radius 1 is 1.00 bits per heavy atom. The predicted molar refractivity (Wildman–Crippen MR) is 53.1 cm³/mol. The monoisotopic (exact) mass is 219 g/mol. The Morgan fingerprint density at radius 2 is 1.44 bits per heavy atom. The summed E-state index contributed by atoms with van der Waals surface area (Å²) in [5.74, 6) is 0.286. The van der Waals surface area contributed by atoms with Crippen LogP contribution in [0.5, 0.6) is 11.5 Å². The summed E-state index contributed by atoms with van der Waals surface area (Å²) in [7, 11) is 1.43. The molecule has 2 unspecified atom stereocenters. The Hall–Kier alpha value is -2.04. The molecule has 0 N–H and O–H groups in total. The van der Waals surface area contributed by atoms with Crippen LogP contribution in [0.3, 0.4) is 0 Å². The van der Waals surface area contributed by atoms with Gasteiger partial charge in [-0.2, -0.15) is 0 Å². The van der Waals surface area contributed by atoms with Gasteiger partial charge in [0.25, 0.3) is 11.8 Å². The van der Waals surface area contributed by atoms with Crippen LogP contribution in [0.2, 0.25) is 0 Å². The quantitative estimate of drug-likeness (QED) is 0.585. The molecule has 5 nitrogen and oxygen atoms in total. The van der Waals surface area contributed by atoms with Crippen LogP contribution in [0.4, 0.5) is 0 Å². The lowest BCUT2D eigenvalue weighted by Gasteiger charge is -2.25. The summed E-state index contributed by atoms with van der Waals surface area (Å²) in [5, 5.41) is 0. The van der Waals surface area contributed by atoms with Crippen molar-refractivity contribution in [3.8, 4) is 11.5 Å². The predicted octanol–water partition coefficient (Wildman–Crippen LogP) is 0.194. The van der Waals surface area contributed by atoms with Crippen molar-refractivity contribution in [3.63, 3.8) is 0 Å². The molecule has 1 fully saturated rings. The van der Waals surface area contributed by atoms with Gasteiger partial charge in [-0.15, -0.1) is 0 Å². The summed E-state index contributed by atoms with van der Waals surface area (Å²) in [5.41, 5.74) is 0. The fourth-order valence-electron chi connectivity index (χ4n) is 1.89. The van der Waals surface area contributed by atoms with E-state index in [4.69, 9.17) is 9.47 Å². The van der Waals surface area contributed by atoms with E-state index in [1.807, 2.05) is 0 Å². The minimum absolute atomic E-state index is 0.357. The molecule has 0 aliphatic carbocycles. The van der Waals surface area contributed by atoms with Crippen LogP contribution in [0.15, 0.2) is 24.3 Å². The molecule has 0 bridgehead atoms. The zero-order chi connectivity index (χ0) is 11.3. The Morgan fingerprint density at radius 3 is 1.88 bits per heavy atom. The van der Waals surface area contributed by atoms with Crippen molar-refractivity contribution >= 4 is 11.8 Å². The number of likely N-dealkylation sites (tertiary alicyclic amines) is 1. The molecule has 2 aliphatic heterocycles. The molecule has 82 valence electrons. The van der Waals surface area contributed by atoms with Gasteiger partial charge >= 0.3 is 0 Å². The molecule has 1 aromatic rings. The highest BCUT2D eigenvalue weighted by Crippen LogP contribution is 2.36. The van der Waals surface area contributed by atoms with E-state index >= 15 is 0 Å². The zero-order valence-corrected chi connectivity index (χ0v) is 8.54. The van der Waals surface area contributed by atoms with Crippen molar-refractivity contribution < 1.29 is 19.1 Å². The second kappa shape index (κ2) is 2.98. The number of carbonyl (C=O) groups is 2. The lowest BCUT2D eigenvalue weighted by Crippen LogP contribution is -2.41. The van der Waals surface area contributed by atoms with Crippen LogP contribution in [-0.2, 0) is 9.59 Å². The second-order valence-electron chi connectivity index (χ2n) is 3.76. The standard InChI is InChI=1S/C11H9NO4/c1-12-10(13)8-9(11(12)14)16-7-5-3-2-4-6(7)15-8/h2-5,8-9H,1H3. The first kappa shape index (κ1) is 9.21. The molecule has 2 aliphatic rings. The van der Waals surface area contributed by atoms with Crippen LogP contribution in [-0.4, -0.2) is 36.0 Å². The number of likely N-dealkylation sites (N-methyl/N-ethyl adjacent to an activating group) is 1. The molecule has 16 heavy (non-hydrogen) atoms. The number of benzene rings is 1. The van der Waals surface area contributed by atoms with Gasteiger partial charge in [0, 0.05) is 7.05 Å². The van der Waals surface area contributed by atoms with E-state index in [1.54, 1.807) is 24.3 Å². The number of hydrogen-bond donors (Lipinski definition) is 0. The first-order valence-corrected chi connectivity index (χ1v) is 4.92. The largest absolute Gasteiger partial charge is 0.472 e. The third kappa shape index (κ3) is 1.05. The molecular weight excluding hydrogens is 210 g/mol. The first-order valence-electron chi connectivity index (χ1n) is 4.92. The molecular formula is C11H9NO4. The van der Waals surface area contributed by atoms with E-state index < -0.39 is 12.2 Å². The minimum Gasteiger partial charge on any atom is -0.472 e. The number of para-hydroxylation sites is 2. The molecule has 1 aromatic carbocycles. The highest BCUT2D eigenvalue weighted by atomic mass is 16.6. The minimum atomic E-state index is -0.840. The maximum atomic E-state index is 11.7. The van der Waals surface area contributed by atoms with Crippen molar-refractivity contribution in [1.29, 1.82) is 0 Å². The van der Waals surface area contributed by atoms with E-state index in [2.05, 4.69) is 0 Å². The van der Waals surface area contributed by atoms with Gasteiger partial charge < -0.3 is 9.47 Å². The zero-order valence-electron chi connectivity index (χ0n) is 8.54. The van der Waals surface area contributed by atoms with Crippen LogP contribution in [0, 0.1) is 0 Å². The van der Waals surface area contributed by atoms with Crippen LogP contribution in [0.25, 0.3) is 0 Å². The normalized spacial score (nSPS) is 26.9. The number of fused-ring (bicyclic) bond motifs is 2. The first-order chi connectivity index (χ1) is 7.68. The fourth-order valence-corrected chi connectivity index (χ4v) is 1.89. The van der Waals surface area contributed by atoms with Gasteiger partial charge in [0.15, 0.2) is 11.5 Å². The molecule has 2 atom stereocenters. The van der Waals surface area contributed by atoms with Gasteiger partial charge in [-0.05, 0) is 12.1 Å². The second-order valence-corrected chi connectivity index (χ2v) is 3.76. The number of imide groups is 1. The van der Waals surface area contributed by atoms with E-state index in [1.165, 1.54) is 7.05 Å². The topological polar surface area (TPSA) is 55.8 Å². The van der Waals surface area contributed by atoms with Gasteiger partial charge in [0.2, 0.25) is 12.2 Å². The Labute approximate surface area is 91.6 Å². The molecule has 1 saturated heterocycles. The molecule has 0 aromatic heterocycles. The van der Waals surface area contributed by atoms with E-state index in [0.717, 1.165) is 4.90 Å². The van der Waals surface area contributed by atoms with Gasteiger partial charge in [-0.3, -0.25) is 14.5 Å². The van der Waals surface area contributed by atoms with E-state index in [-0.39, 0.29) is 11.8 Å². The van der Waals surface area contributed by atoms with Crippen LogP contribution in [0.1, 0.15) is 0 Å². The molecule has 2 amide bonds. The van der Waals surface area contributed by atoms with Gasteiger partial charge in [-0.1, -0.05) is 12.1 Å². The van der Waals surface area contributed by atoms with Crippen LogP contribution >= 0.6 is 0 Å². The van der Waals surface area contributed by atoms with Crippen molar-refractivity contribution in [2.75, 3.05) is 7.05 Å². The summed E-state index contributed by atoms with van der Waals surface area (Å²) in [6.07, 6.45) is -1.68. The van der Waals surface area contributed by atoms with Crippen molar-refractivity contribution in [2.24, 2.45) is 0 Å². The third-order valence-electron chi connectivity index (χ3n) is 2.78. The molecule has 3 rings (SSSR count). The SMILES string of the molecule is CN1C(=O)C2Oc3ccccc3OC2C1=O. The number of amides is 2. The molecule has 0 radical (unpaired) electrons. The highest BCUT2D eigenvalue weighted by Gasteiger charge is 2.52. The molecule has 5 heteroatoms. The Balaban J connectivity index is 2.03. The number of nitrogens with zero attached hydrogens (tertiary/aromatic N) is 1. The van der Waals surface area contributed by atoms with Crippen molar-refractivity contribution in [2.45, 2.75) is 12.2 Å². The lowest BCUT2D eigenvalue weighted by atomic mass is 10.2. The smallest absolute Gasteiger partial charge is 0.274 e. The van der Waals surface area contributed by atoms with Gasteiger partial charge in [0.05, 0.1) is 0 Å². The number of carbonyl (C=O) groups excluding carboxylic acids is 2. The van der Waals surface area contributed by atoms with Crippen molar-refractivity contribution in [1.82, 2.24) is 4.90 Å². The number of hydrogen-bond acceptors (Lipinski definition) is 4. The molecule has 0 spiro atoms. The van der Waals surface area contributed by atoms with E-state index in [9.17, 15) is 9.59 Å². The molecule has 0 saturated carbocycles. The van der Waals surface area contributed by atoms with Crippen molar-refractivity contribution in [3.05, 3.63) is 24.3 Å². The highest BCUT2D eigenvalue weighted by molar-refractivity contribution is 6.08. The maximum absolute atomic E-state index is 11.7. The summed E-state index contributed by atoms with van der Waals surface area (Å²) in [4.78, 5) is 24.4. The summed E-state index contributed by atoms with van der Waals surface area (Å²) >= 11 is 0. The summed E-state index contributed by atoms with van der Waals surface area (Å²) < 4.78 is 10.9. The third-order valence-corrected chi connectivity index (χ3v) is 2.78. The average Bonchev–Trinajstić information content (AvgIpc) is 2.52.